The summed E-state index contributed by atoms with van der Waals surface area (Å²) in [5, 5.41) is 2.12. The van der Waals surface area contributed by atoms with Gasteiger partial charge < -0.3 is 14.3 Å². The first kappa shape index (κ1) is 26.9. The Balaban J connectivity index is 1.39. The highest BCUT2D eigenvalue weighted by Crippen LogP contribution is 2.45. The molecule has 0 aliphatic carbocycles. The van der Waals surface area contributed by atoms with Crippen molar-refractivity contribution in [3.63, 3.8) is 0 Å². The lowest BCUT2D eigenvalue weighted by molar-refractivity contribution is -0.266. The van der Waals surface area contributed by atoms with E-state index in [2.05, 4.69) is 51.8 Å². The summed E-state index contributed by atoms with van der Waals surface area (Å²) in [6.07, 6.45) is 2.96. The third kappa shape index (κ3) is 6.23. The van der Waals surface area contributed by atoms with Crippen LogP contribution in [-0.4, -0.2) is 35.8 Å². The summed E-state index contributed by atoms with van der Waals surface area (Å²) >= 11 is 0. The molecular formula is C32H39NO4. The molecule has 4 rings (SSSR count). The number of hydrogen-bond donors (Lipinski definition) is 0. The van der Waals surface area contributed by atoms with Gasteiger partial charge in [-0.25, -0.2) is 4.79 Å². The molecule has 1 fully saturated rings. The van der Waals surface area contributed by atoms with Crippen molar-refractivity contribution >= 4 is 5.97 Å². The van der Waals surface area contributed by atoms with E-state index >= 15 is 0 Å². The molecule has 0 spiro atoms. The molecule has 1 saturated heterocycles. The molecule has 196 valence electrons. The summed E-state index contributed by atoms with van der Waals surface area (Å²) in [6.45, 7) is 11.7. The first-order chi connectivity index (χ1) is 17.6. The van der Waals surface area contributed by atoms with Crippen LogP contribution in [0.4, 0.5) is 0 Å². The van der Waals surface area contributed by atoms with Crippen LogP contribution in [0.25, 0.3) is 11.1 Å². The molecule has 3 aromatic carbocycles. The summed E-state index contributed by atoms with van der Waals surface area (Å²) in [4.78, 5) is 18.5. The van der Waals surface area contributed by atoms with Crippen LogP contribution in [0.1, 0.15) is 75.7 Å². The fraction of sp³-hybridized carbons (Fsp3) is 0.406. The minimum Gasteiger partial charge on any atom is -0.494 e. The van der Waals surface area contributed by atoms with E-state index in [9.17, 15) is 4.79 Å². The Kier molecular flexibility index (Phi) is 8.05. The van der Waals surface area contributed by atoms with Gasteiger partial charge >= 0.3 is 5.97 Å². The smallest absolute Gasteiger partial charge is 0.343 e. The van der Waals surface area contributed by atoms with E-state index < -0.39 is 0 Å². The van der Waals surface area contributed by atoms with Crippen molar-refractivity contribution in [3.8, 4) is 22.6 Å². The largest absolute Gasteiger partial charge is 0.494 e. The van der Waals surface area contributed by atoms with Crippen LogP contribution >= 0.6 is 0 Å². The molecule has 0 atom stereocenters. The average Bonchev–Trinajstić information content (AvgIpc) is 2.87. The van der Waals surface area contributed by atoms with Crippen molar-refractivity contribution in [3.05, 3.63) is 83.9 Å². The number of rotatable bonds is 8. The standard InChI is InChI=1S/C32H39NO4/c1-7-20-36-28-16-12-24(13-17-28)23-8-10-26(11-9-23)30(34)37-29-18-14-25(15-19-29)27-21-31(2,3)33(35-6)32(4,5)22-27/h8-19,27H,7,20-22H2,1-6H3. The van der Waals surface area contributed by atoms with Gasteiger partial charge in [-0.15, -0.1) is 0 Å². The van der Waals surface area contributed by atoms with Crippen molar-refractivity contribution in [2.24, 2.45) is 0 Å². The zero-order chi connectivity index (χ0) is 26.6. The zero-order valence-electron chi connectivity index (χ0n) is 22.9. The van der Waals surface area contributed by atoms with Crippen LogP contribution in [0.15, 0.2) is 72.8 Å². The van der Waals surface area contributed by atoms with Gasteiger partial charge in [-0.3, -0.25) is 0 Å². The van der Waals surface area contributed by atoms with Crippen molar-refractivity contribution in [1.82, 2.24) is 5.06 Å². The third-order valence-corrected chi connectivity index (χ3v) is 7.12. The van der Waals surface area contributed by atoms with Gasteiger partial charge in [0.25, 0.3) is 0 Å². The van der Waals surface area contributed by atoms with E-state index in [4.69, 9.17) is 14.3 Å². The maximum atomic E-state index is 12.8. The number of hydrogen-bond acceptors (Lipinski definition) is 5. The highest BCUT2D eigenvalue weighted by atomic mass is 16.7. The molecule has 0 radical (unpaired) electrons. The van der Waals surface area contributed by atoms with Gasteiger partial charge in [0.15, 0.2) is 0 Å². The van der Waals surface area contributed by atoms with E-state index in [1.54, 1.807) is 19.2 Å². The number of piperidine rings is 1. The molecule has 5 heteroatoms. The second-order valence-electron chi connectivity index (χ2n) is 11.1. The molecule has 0 bridgehead atoms. The predicted molar refractivity (Wildman–Crippen MR) is 148 cm³/mol. The van der Waals surface area contributed by atoms with Crippen LogP contribution < -0.4 is 9.47 Å². The van der Waals surface area contributed by atoms with Crippen LogP contribution in [0.2, 0.25) is 0 Å². The Morgan fingerprint density at radius 1 is 0.811 bits per heavy atom. The number of hydroxylamine groups is 2. The summed E-state index contributed by atoms with van der Waals surface area (Å²) < 4.78 is 11.3. The third-order valence-electron chi connectivity index (χ3n) is 7.12. The van der Waals surface area contributed by atoms with E-state index in [0.29, 0.717) is 23.8 Å². The van der Waals surface area contributed by atoms with Gasteiger partial charge in [-0.05, 0) is 106 Å². The second-order valence-corrected chi connectivity index (χ2v) is 11.1. The molecule has 1 heterocycles. The van der Waals surface area contributed by atoms with E-state index in [1.165, 1.54) is 5.56 Å². The van der Waals surface area contributed by atoms with Gasteiger partial charge in [0.1, 0.15) is 11.5 Å². The predicted octanol–water partition coefficient (Wildman–Crippen LogP) is 7.66. The number of ether oxygens (including phenoxy) is 2. The van der Waals surface area contributed by atoms with E-state index in [1.807, 2.05) is 48.5 Å². The van der Waals surface area contributed by atoms with Gasteiger partial charge in [-0.1, -0.05) is 43.3 Å². The Morgan fingerprint density at radius 3 is 1.84 bits per heavy atom. The summed E-state index contributed by atoms with van der Waals surface area (Å²) in [5.74, 6) is 1.46. The molecule has 0 aromatic heterocycles. The topological polar surface area (TPSA) is 48.0 Å². The van der Waals surface area contributed by atoms with Crippen molar-refractivity contribution in [1.29, 1.82) is 0 Å². The zero-order valence-corrected chi connectivity index (χ0v) is 22.9. The fourth-order valence-electron chi connectivity index (χ4n) is 5.73. The van der Waals surface area contributed by atoms with Crippen molar-refractivity contribution < 1.29 is 19.1 Å². The molecule has 0 unspecified atom stereocenters. The number of carbonyl (C=O) groups is 1. The lowest BCUT2D eigenvalue weighted by Crippen LogP contribution is -2.59. The Hall–Kier alpha value is -3.15. The Labute approximate surface area is 221 Å². The van der Waals surface area contributed by atoms with Crippen molar-refractivity contribution in [2.75, 3.05) is 13.7 Å². The first-order valence-electron chi connectivity index (χ1n) is 13.1. The summed E-state index contributed by atoms with van der Waals surface area (Å²) in [6, 6.07) is 23.5. The molecule has 5 nitrogen and oxygen atoms in total. The lowest BCUT2D eigenvalue weighted by atomic mass is 9.73. The minimum atomic E-state index is -0.363. The monoisotopic (exact) mass is 501 g/mol. The second kappa shape index (κ2) is 11.1. The van der Waals surface area contributed by atoms with E-state index in [-0.39, 0.29) is 17.0 Å². The lowest BCUT2D eigenvalue weighted by Gasteiger charge is -2.53. The first-order valence-corrected chi connectivity index (χ1v) is 13.1. The molecular weight excluding hydrogens is 462 g/mol. The molecule has 0 amide bonds. The molecule has 1 aliphatic rings. The maximum absolute atomic E-state index is 12.8. The minimum absolute atomic E-state index is 0.0800. The van der Waals surface area contributed by atoms with Crippen LogP contribution in [-0.2, 0) is 4.84 Å². The molecule has 1 aliphatic heterocycles. The van der Waals surface area contributed by atoms with Gasteiger partial charge in [0.05, 0.1) is 19.3 Å². The van der Waals surface area contributed by atoms with Gasteiger partial charge in [0, 0.05) is 11.1 Å². The van der Waals surface area contributed by atoms with Crippen LogP contribution in [0, 0.1) is 0 Å². The number of carbonyl (C=O) groups excluding carboxylic acids is 1. The quantitative estimate of drug-likeness (QED) is 0.234. The average molecular weight is 502 g/mol. The van der Waals surface area contributed by atoms with Gasteiger partial charge in [-0.2, -0.15) is 5.06 Å². The SMILES string of the molecule is CCCOc1ccc(-c2ccc(C(=O)Oc3ccc(C4CC(C)(C)N(OC)C(C)(C)C4)cc3)cc2)cc1. The molecule has 3 aromatic rings. The highest BCUT2D eigenvalue weighted by Gasteiger charge is 2.46. The fourth-order valence-corrected chi connectivity index (χ4v) is 5.73. The normalized spacial score (nSPS) is 17.4. The van der Waals surface area contributed by atoms with Crippen molar-refractivity contribution in [2.45, 2.75) is 70.9 Å². The summed E-state index contributed by atoms with van der Waals surface area (Å²) in [7, 11) is 1.75. The number of nitrogens with zero attached hydrogens (tertiary/aromatic N) is 1. The number of esters is 1. The van der Waals surface area contributed by atoms with Crippen LogP contribution in [0.5, 0.6) is 11.5 Å². The maximum Gasteiger partial charge on any atom is 0.343 e. The Morgan fingerprint density at radius 2 is 1.32 bits per heavy atom. The Bertz CT molecular complexity index is 1160. The molecule has 0 N–H and O–H groups in total. The molecule has 0 saturated carbocycles. The highest BCUT2D eigenvalue weighted by molar-refractivity contribution is 5.91. The van der Waals surface area contributed by atoms with Crippen LogP contribution in [0.3, 0.4) is 0 Å². The summed E-state index contributed by atoms with van der Waals surface area (Å²) in [5.41, 5.74) is 3.72. The molecule has 37 heavy (non-hydrogen) atoms. The van der Waals surface area contributed by atoms with E-state index in [0.717, 1.165) is 36.1 Å². The van der Waals surface area contributed by atoms with Gasteiger partial charge in [0.2, 0.25) is 0 Å². The number of benzene rings is 3.